The SMILES string of the molecule is Nc1ccc(N(C(Cc2ccccc2)c2ccccc2)C(Cc2ccccc2)c2ccccc2)cc1. The van der Waals surface area contributed by atoms with Crippen molar-refractivity contribution < 1.29 is 0 Å². The van der Waals surface area contributed by atoms with Crippen molar-refractivity contribution in [2.24, 2.45) is 0 Å². The molecule has 0 fully saturated rings. The minimum Gasteiger partial charge on any atom is -0.399 e. The van der Waals surface area contributed by atoms with E-state index in [0.29, 0.717) is 0 Å². The molecule has 5 aromatic rings. The molecule has 178 valence electrons. The Balaban J connectivity index is 1.68. The Hall–Kier alpha value is -4.30. The van der Waals surface area contributed by atoms with E-state index >= 15 is 0 Å². The summed E-state index contributed by atoms with van der Waals surface area (Å²) in [6, 6.07) is 52.0. The van der Waals surface area contributed by atoms with Gasteiger partial charge in [-0.25, -0.2) is 0 Å². The Morgan fingerprint density at radius 2 is 0.806 bits per heavy atom. The van der Waals surface area contributed by atoms with Crippen molar-refractivity contribution in [3.05, 3.63) is 168 Å². The van der Waals surface area contributed by atoms with Gasteiger partial charge in [-0.3, -0.25) is 0 Å². The van der Waals surface area contributed by atoms with Gasteiger partial charge in [0.25, 0.3) is 0 Å². The zero-order chi connectivity index (χ0) is 24.6. The molecule has 2 unspecified atom stereocenters. The number of nitrogens with two attached hydrogens (primary N) is 1. The zero-order valence-electron chi connectivity index (χ0n) is 20.4. The van der Waals surface area contributed by atoms with Crippen molar-refractivity contribution in [1.82, 2.24) is 0 Å². The summed E-state index contributed by atoms with van der Waals surface area (Å²) in [6.45, 7) is 0. The second-order valence-corrected chi connectivity index (χ2v) is 9.23. The summed E-state index contributed by atoms with van der Waals surface area (Å²) in [5.74, 6) is 0. The highest BCUT2D eigenvalue weighted by Gasteiger charge is 2.29. The van der Waals surface area contributed by atoms with Gasteiger partial charge in [-0.05, 0) is 59.4 Å². The van der Waals surface area contributed by atoms with Crippen LogP contribution in [0.25, 0.3) is 0 Å². The van der Waals surface area contributed by atoms with E-state index in [9.17, 15) is 0 Å². The molecule has 0 saturated heterocycles. The zero-order valence-corrected chi connectivity index (χ0v) is 20.4. The summed E-state index contributed by atoms with van der Waals surface area (Å²) in [5.41, 5.74) is 13.3. The Kier molecular flexibility index (Phi) is 7.44. The highest BCUT2D eigenvalue weighted by Crippen LogP contribution is 2.39. The minimum absolute atomic E-state index is 0.131. The van der Waals surface area contributed by atoms with Gasteiger partial charge in [0.2, 0.25) is 0 Å². The number of anilines is 2. The molecule has 5 rings (SSSR count). The van der Waals surface area contributed by atoms with Gasteiger partial charge in [-0.15, -0.1) is 0 Å². The van der Waals surface area contributed by atoms with Crippen LogP contribution in [-0.2, 0) is 12.8 Å². The maximum Gasteiger partial charge on any atom is 0.0589 e. The third-order valence-corrected chi connectivity index (χ3v) is 6.78. The standard InChI is InChI=1S/C34H32N2/c35-31-21-23-32(24-22-31)36(33(29-17-9-3-10-18-29)25-27-13-5-1-6-14-27)34(30-19-11-4-12-20-30)26-28-15-7-2-8-16-28/h1-24,33-34H,25-26,35H2. The lowest BCUT2D eigenvalue weighted by Crippen LogP contribution is -2.35. The van der Waals surface area contributed by atoms with Crippen LogP contribution in [0, 0.1) is 0 Å². The fourth-order valence-electron chi connectivity index (χ4n) is 5.00. The largest absolute Gasteiger partial charge is 0.399 e. The summed E-state index contributed by atoms with van der Waals surface area (Å²) in [6.07, 6.45) is 1.79. The predicted molar refractivity (Wildman–Crippen MR) is 152 cm³/mol. The average Bonchev–Trinajstić information content (AvgIpc) is 2.95. The van der Waals surface area contributed by atoms with Crippen LogP contribution in [0.5, 0.6) is 0 Å². The number of nitrogen functional groups attached to an aromatic ring is 1. The summed E-state index contributed by atoms with van der Waals surface area (Å²) < 4.78 is 0. The number of hydrogen-bond acceptors (Lipinski definition) is 2. The number of hydrogen-bond donors (Lipinski definition) is 1. The normalized spacial score (nSPS) is 12.6. The van der Waals surface area contributed by atoms with Crippen LogP contribution in [0.2, 0.25) is 0 Å². The Labute approximate surface area is 214 Å². The van der Waals surface area contributed by atoms with Gasteiger partial charge in [-0.2, -0.15) is 0 Å². The molecule has 36 heavy (non-hydrogen) atoms. The lowest BCUT2D eigenvalue weighted by molar-refractivity contribution is 0.521. The first-order valence-electron chi connectivity index (χ1n) is 12.6. The number of benzene rings is 5. The molecule has 0 aliphatic heterocycles. The van der Waals surface area contributed by atoms with Crippen LogP contribution >= 0.6 is 0 Å². The highest BCUT2D eigenvalue weighted by molar-refractivity contribution is 5.57. The molecule has 0 aliphatic rings. The van der Waals surface area contributed by atoms with Gasteiger partial charge in [0.15, 0.2) is 0 Å². The van der Waals surface area contributed by atoms with E-state index in [1.54, 1.807) is 0 Å². The highest BCUT2D eigenvalue weighted by atomic mass is 15.2. The van der Waals surface area contributed by atoms with Gasteiger partial charge in [-0.1, -0.05) is 121 Å². The maximum atomic E-state index is 6.13. The van der Waals surface area contributed by atoms with Crippen LogP contribution < -0.4 is 10.6 Å². The van der Waals surface area contributed by atoms with Crippen molar-refractivity contribution in [2.75, 3.05) is 10.6 Å². The van der Waals surface area contributed by atoms with Gasteiger partial charge >= 0.3 is 0 Å². The summed E-state index contributed by atoms with van der Waals surface area (Å²) in [7, 11) is 0. The van der Waals surface area contributed by atoms with Crippen molar-refractivity contribution in [2.45, 2.75) is 24.9 Å². The van der Waals surface area contributed by atoms with Crippen LogP contribution in [0.15, 0.2) is 146 Å². The van der Waals surface area contributed by atoms with Crippen LogP contribution in [0.3, 0.4) is 0 Å². The molecule has 2 heteroatoms. The molecular weight excluding hydrogens is 436 g/mol. The van der Waals surface area contributed by atoms with Crippen LogP contribution in [0.4, 0.5) is 11.4 Å². The number of nitrogens with zero attached hydrogens (tertiary/aromatic N) is 1. The van der Waals surface area contributed by atoms with Crippen molar-refractivity contribution >= 4 is 11.4 Å². The van der Waals surface area contributed by atoms with Gasteiger partial charge in [0.05, 0.1) is 12.1 Å². The Bertz CT molecular complexity index is 1230. The van der Waals surface area contributed by atoms with Crippen molar-refractivity contribution in [3.8, 4) is 0 Å². The average molecular weight is 469 g/mol. The van der Waals surface area contributed by atoms with Crippen LogP contribution in [0.1, 0.15) is 34.3 Å². The minimum atomic E-state index is 0.131. The third-order valence-electron chi connectivity index (χ3n) is 6.78. The summed E-state index contributed by atoms with van der Waals surface area (Å²) >= 11 is 0. The molecule has 2 N–H and O–H groups in total. The fourth-order valence-corrected chi connectivity index (χ4v) is 5.00. The monoisotopic (exact) mass is 468 g/mol. The summed E-state index contributed by atoms with van der Waals surface area (Å²) in [4.78, 5) is 2.60. The summed E-state index contributed by atoms with van der Waals surface area (Å²) in [5, 5.41) is 0. The van der Waals surface area contributed by atoms with E-state index < -0.39 is 0 Å². The lowest BCUT2D eigenvalue weighted by Gasteiger charge is -2.41. The maximum absolute atomic E-state index is 6.13. The fraction of sp³-hybridized carbons (Fsp3) is 0.118. The molecule has 0 spiro atoms. The van der Waals surface area contributed by atoms with E-state index in [-0.39, 0.29) is 12.1 Å². The Morgan fingerprint density at radius 1 is 0.444 bits per heavy atom. The quantitative estimate of drug-likeness (QED) is 0.222. The first-order valence-corrected chi connectivity index (χ1v) is 12.6. The molecular formula is C34H32N2. The molecule has 2 nitrogen and oxygen atoms in total. The van der Waals surface area contributed by atoms with Crippen LogP contribution in [-0.4, -0.2) is 0 Å². The van der Waals surface area contributed by atoms with E-state index in [1.165, 1.54) is 27.9 Å². The third kappa shape index (κ3) is 5.67. The van der Waals surface area contributed by atoms with Gasteiger partial charge in [0.1, 0.15) is 0 Å². The van der Waals surface area contributed by atoms with E-state index in [0.717, 1.165) is 18.5 Å². The first-order chi connectivity index (χ1) is 17.8. The van der Waals surface area contributed by atoms with Crippen molar-refractivity contribution in [3.63, 3.8) is 0 Å². The molecule has 0 heterocycles. The van der Waals surface area contributed by atoms with E-state index in [4.69, 9.17) is 5.73 Å². The lowest BCUT2D eigenvalue weighted by atomic mass is 9.90. The van der Waals surface area contributed by atoms with Gasteiger partial charge in [0, 0.05) is 11.4 Å². The predicted octanol–water partition coefficient (Wildman–Crippen LogP) is 8.04. The molecule has 0 aromatic heterocycles. The molecule has 0 radical (unpaired) electrons. The van der Waals surface area contributed by atoms with Gasteiger partial charge < -0.3 is 10.6 Å². The molecule has 2 atom stereocenters. The van der Waals surface area contributed by atoms with E-state index in [1.807, 2.05) is 12.1 Å². The topological polar surface area (TPSA) is 29.3 Å². The smallest absolute Gasteiger partial charge is 0.0589 e. The van der Waals surface area contributed by atoms with E-state index in [2.05, 4.69) is 138 Å². The first kappa shape index (κ1) is 23.4. The second kappa shape index (κ2) is 11.4. The molecule has 5 aromatic carbocycles. The molecule has 0 saturated carbocycles. The molecule has 0 bridgehead atoms. The van der Waals surface area contributed by atoms with Crippen molar-refractivity contribution in [1.29, 1.82) is 0 Å². The molecule has 0 aliphatic carbocycles. The molecule has 0 amide bonds. The Morgan fingerprint density at radius 3 is 1.19 bits per heavy atom. The number of rotatable bonds is 9. The second-order valence-electron chi connectivity index (χ2n) is 9.23.